The van der Waals surface area contributed by atoms with Gasteiger partial charge in [-0.15, -0.1) is 0 Å². The standard InChI is InChI=1S/C33H36N3O7P/c1-20(2)28(35-33(41)29-21(3)24-17-11-12-18-26(24)36(29)4)31(40)32(30(39)25(34)19-27(37)38)43-44(42,22-13-7-5-8-14-22)23-15-9-6-10-16-23/h5-18,20,25,28,32H,19,34H2,1-4H3,(H,35,41)(H,37,38)/t25?,28-,32?/m0/s1. The number of carbonyl (C=O) groups is 4. The van der Waals surface area contributed by atoms with Crippen molar-refractivity contribution in [2.45, 2.75) is 45.4 Å². The van der Waals surface area contributed by atoms with Crippen LogP contribution in [0.15, 0.2) is 84.9 Å². The predicted molar refractivity (Wildman–Crippen MR) is 169 cm³/mol. The number of para-hydroxylation sites is 1. The minimum absolute atomic E-state index is 0.222. The van der Waals surface area contributed by atoms with Gasteiger partial charge in [-0.3, -0.25) is 23.7 Å². The van der Waals surface area contributed by atoms with Crippen molar-refractivity contribution in [3.8, 4) is 0 Å². The molecule has 10 nitrogen and oxygen atoms in total. The number of amides is 1. The third kappa shape index (κ3) is 6.58. The third-order valence-electron chi connectivity index (χ3n) is 7.56. The highest BCUT2D eigenvalue weighted by atomic mass is 31.2. The van der Waals surface area contributed by atoms with E-state index in [1.807, 2.05) is 24.3 Å². The Morgan fingerprint density at radius 3 is 1.91 bits per heavy atom. The lowest BCUT2D eigenvalue weighted by Crippen LogP contribution is -2.54. The molecule has 0 bridgehead atoms. The largest absolute Gasteiger partial charge is 0.481 e. The van der Waals surface area contributed by atoms with Crippen LogP contribution in [-0.4, -0.2) is 51.3 Å². The highest BCUT2D eigenvalue weighted by Gasteiger charge is 2.44. The van der Waals surface area contributed by atoms with E-state index in [1.54, 1.807) is 93.0 Å². The third-order valence-corrected chi connectivity index (χ3v) is 10.0. The summed E-state index contributed by atoms with van der Waals surface area (Å²) in [4.78, 5) is 53.1. The lowest BCUT2D eigenvalue weighted by atomic mass is 9.92. The Hall–Kier alpha value is -4.37. The molecule has 1 heterocycles. The van der Waals surface area contributed by atoms with Gasteiger partial charge in [0.15, 0.2) is 17.7 Å². The second kappa shape index (κ2) is 13.5. The number of aryl methyl sites for hydroxylation is 2. The maximum absolute atomic E-state index is 14.7. The Labute approximate surface area is 255 Å². The van der Waals surface area contributed by atoms with Crippen molar-refractivity contribution < 1.29 is 33.4 Å². The summed E-state index contributed by atoms with van der Waals surface area (Å²) in [5.41, 5.74) is 7.82. The van der Waals surface area contributed by atoms with Crippen LogP contribution in [0.1, 0.15) is 36.3 Å². The van der Waals surface area contributed by atoms with E-state index in [2.05, 4.69) is 5.32 Å². The molecule has 0 aliphatic heterocycles. The number of carbonyl (C=O) groups excluding carboxylic acids is 3. The number of rotatable bonds is 13. The number of Topliss-reactive ketones (excluding diaryl/α,β-unsaturated/α-hetero) is 2. The molecule has 11 heteroatoms. The van der Waals surface area contributed by atoms with E-state index in [9.17, 15) is 28.8 Å². The van der Waals surface area contributed by atoms with Crippen LogP contribution in [0.5, 0.6) is 0 Å². The lowest BCUT2D eigenvalue weighted by molar-refractivity contribution is -0.143. The second-order valence-electron chi connectivity index (χ2n) is 11.0. The molecular weight excluding hydrogens is 581 g/mol. The maximum Gasteiger partial charge on any atom is 0.305 e. The number of carboxylic acids is 1. The van der Waals surface area contributed by atoms with Crippen LogP contribution in [0.3, 0.4) is 0 Å². The van der Waals surface area contributed by atoms with Crippen molar-refractivity contribution in [3.63, 3.8) is 0 Å². The first-order valence-corrected chi connectivity index (χ1v) is 15.8. The number of ketones is 2. The highest BCUT2D eigenvalue weighted by Crippen LogP contribution is 2.46. The second-order valence-corrected chi connectivity index (χ2v) is 13.3. The fraction of sp³-hybridized carbons (Fsp3) is 0.273. The van der Waals surface area contributed by atoms with Crippen LogP contribution in [0, 0.1) is 12.8 Å². The molecule has 3 aromatic carbocycles. The van der Waals surface area contributed by atoms with E-state index in [1.165, 1.54) is 0 Å². The van der Waals surface area contributed by atoms with Crippen molar-refractivity contribution in [1.29, 1.82) is 0 Å². The predicted octanol–water partition coefficient (Wildman–Crippen LogP) is 3.50. The molecule has 0 saturated carbocycles. The Morgan fingerprint density at radius 2 is 1.41 bits per heavy atom. The summed E-state index contributed by atoms with van der Waals surface area (Å²) in [5, 5.41) is 13.4. The first-order chi connectivity index (χ1) is 20.9. The zero-order chi connectivity index (χ0) is 32.2. The highest BCUT2D eigenvalue weighted by molar-refractivity contribution is 7.74. The number of aliphatic carboxylic acids is 1. The van der Waals surface area contributed by atoms with Crippen LogP contribution in [0.25, 0.3) is 10.9 Å². The monoisotopic (exact) mass is 617 g/mol. The molecule has 0 saturated heterocycles. The zero-order valence-electron chi connectivity index (χ0n) is 25.0. The SMILES string of the molecule is Cc1c(C(=O)N[C@H](C(=O)C(OP(=O)(c2ccccc2)c2ccccc2)C(=O)C(N)CC(=O)O)C(C)C)n(C)c2ccccc12. The summed E-state index contributed by atoms with van der Waals surface area (Å²) < 4.78 is 22.5. The number of hydrogen-bond acceptors (Lipinski definition) is 7. The van der Waals surface area contributed by atoms with Crippen molar-refractivity contribution in [2.75, 3.05) is 0 Å². The topological polar surface area (TPSA) is 158 Å². The summed E-state index contributed by atoms with van der Waals surface area (Å²) in [6.07, 6.45) is -2.82. The van der Waals surface area contributed by atoms with Gasteiger partial charge < -0.3 is 25.2 Å². The smallest absolute Gasteiger partial charge is 0.305 e. The Balaban J connectivity index is 1.78. The average molecular weight is 618 g/mol. The van der Waals surface area contributed by atoms with Crippen molar-refractivity contribution in [2.24, 2.45) is 18.7 Å². The van der Waals surface area contributed by atoms with E-state index in [4.69, 9.17) is 10.3 Å². The minimum Gasteiger partial charge on any atom is -0.481 e. The van der Waals surface area contributed by atoms with Crippen molar-refractivity contribution in [1.82, 2.24) is 9.88 Å². The number of nitrogens with one attached hydrogen (secondary N) is 1. The van der Waals surface area contributed by atoms with Crippen LogP contribution in [-0.2, 0) is 30.5 Å². The molecule has 4 rings (SSSR count). The van der Waals surface area contributed by atoms with Gasteiger partial charge in [0.2, 0.25) is 0 Å². The average Bonchev–Trinajstić information content (AvgIpc) is 3.27. The van der Waals surface area contributed by atoms with E-state index in [-0.39, 0.29) is 10.6 Å². The number of hydrogen-bond donors (Lipinski definition) is 3. The number of carboxylic acid groups (broad SMARTS) is 1. The molecule has 4 N–H and O–H groups in total. The molecule has 0 aliphatic carbocycles. The van der Waals surface area contributed by atoms with Gasteiger partial charge in [-0.05, 0) is 48.7 Å². The molecular formula is C33H36N3O7P. The molecule has 1 aromatic heterocycles. The molecule has 0 radical (unpaired) electrons. The normalized spacial score (nSPS) is 13.8. The van der Waals surface area contributed by atoms with Crippen LogP contribution < -0.4 is 21.7 Å². The summed E-state index contributed by atoms with van der Waals surface area (Å²) in [6, 6.07) is 20.8. The van der Waals surface area contributed by atoms with Crippen molar-refractivity contribution in [3.05, 3.63) is 96.2 Å². The van der Waals surface area contributed by atoms with Gasteiger partial charge in [-0.25, -0.2) is 0 Å². The quantitative estimate of drug-likeness (QED) is 0.152. The first-order valence-electron chi connectivity index (χ1n) is 14.2. The van der Waals surface area contributed by atoms with Crippen LogP contribution in [0.4, 0.5) is 0 Å². The van der Waals surface area contributed by atoms with Gasteiger partial charge in [-0.2, -0.15) is 0 Å². The molecule has 0 fully saturated rings. The number of nitrogens with two attached hydrogens (primary N) is 1. The van der Waals surface area contributed by atoms with E-state index in [0.29, 0.717) is 11.3 Å². The molecule has 0 spiro atoms. The number of fused-ring (bicyclic) bond motifs is 1. The van der Waals surface area contributed by atoms with E-state index < -0.39 is 61.3 Å². The fourth-order valence-electron chi connectivity index (χ4n) is 5.24. The molecule has 44 heavy (non-hydrogen) atoms. The number of nitrogens with zero attached hydrogens (tertiary/aromatic N) is 1. The van der Waals surface area contributed by atoms with Crippen LogP contribution >= 0.6 is 7.37 Å². The Bertz CT molecular complexity index is 1650. The zero-order valence-corrected chi connectivity index (χ0v) is 25.9. The summed E-state index contributed by atoms with van der Waals surface area (Å²) in [7, 11) is -2.38. The van der Waals surface area contributed by atoms with E-state index >= 15 is 0 Å². The lowest BCUT2D eigenvalue weighted by Gasteiger charge is -2.30. The molecule has 230 valence electrons. The fourth-order valence-corrected chi connectivity index (χ4v) is 7.41. The van der Waals surface area contributed by atoms with Crippen molar-refractivity contribution >= 4 is 52.3 Å². The van der Waals surface area contributed by atoms with Gasteiger partial charge >= 0.3 is 5.97 Å². The van der Waals surface area contributed by atoms with Gasteiger partial charge in [0, 0.05) is 28.6 Å². The van der Waals surface area contributed by atoms with Gasteiger partial charge in [0.05, 0.1) is 18.5 Å². The molecule has 3 atom stereocenters. The first kappa shape index (κ1) is 32.5. The molecule has 2 unspecified atom stereocenters. The minimum atomic E-state index is -4.12. The summed E-state index contributed by atoms with van der Waals surface area (Å²) >= 11 is 0. The Morgan fingerprint density at radius 1 is 0.886 bits per heavy atom. The van der Waals surface area contributed by atoms with Gasteiger partial charge in [0.1, 0.15) is 5.69 Å². The molecule has 0 aliphatic rings. The summed E-state index contributed by atoms with van der Waals surface area (Å²) in [6.45, 7) is 5.17. The van der Waals surface area contributed by atoms with E-state index in [0.717, 1.165) is 10.9 Å². The van der Waals surface area contributed by atoms with Gasteiger partial charge in [0.25, 0.3) is 13.3 Å². The Kier molecular flexibility index (Phi) is 9.99. The number of aromatic nitrogens is 1. The summed E-state index contributed by atoms with van der Waals surface area (Å²) in [5.74, 6) is -4.38. The van der Waals surface area contributed by atoms with Gasteiger partial charge in [-0.1, -0.05) is 68.4 Å². The molecule has 4 aromatic rings. The van der Waals surface area contributed by atoms with Crippen LogP contribution in [0.2, 0.25) is 0 Å². The number of benzene rings is 3. The molecule has 1 amide bonds. The maximum atomic E-state index is 14.7.